The van der Waals surface area contributed by atoms with Gasteiger partial charge in [0.25, 0.3) is 0 Å². The number of hydrogen-bond donors (Lipinski definition) is 1. The van der Waals surface area contributed by atoms with Crippen LogP contribution in [-0.4, -0.2) is 20.3 Å². The van der Waals surface area contributed by atoms with Crippen LogP contribution in [0.25, 0.3) is 0 Å². The molecule has 0 aliphatic carbocycles. The maximum absolute atomic E-state index is 13.9. The third-order valence-electron chi connectivity index (χ3n) is 3.35. The summed E-state index contributed by atoms with van der Waals surface area (Å²) < 4.78 is 20.1. The quantitative estimate of drug-likeness (QED) is 0.925. The maximum Gasteiger partial charge on any atom is 0.129 e. The second-order valence-corrected chi connectivity index (χ2v) is 5.30. The summed E-state index contributed by atoms with van der Waals surface area (Å²) in [6.07, 6.45) is 1.97. The first-order valence-electron chi connectivity index (χ1n) is 5.92. The number of benzene rings is 1. The van der Waals surface area contributed by atoms with Crippen molar-refractivity contribution in [3.63, 3.8) is 0 Å². The second-order valence-electron chi connectivity index (χ2n) is 4.38. The van der Waals surface area contributed by atoms with Crippen LogP contribution in [0.15, 0.2) is 22.7 Å². The van der Waals surface area contributed by atoms with E-state index in [2.05, 4.69) is 21.2 Å². The Hall–Kier alpha value is -0.450. The Morgan fingerprint density at radius 3 is 2.71 bits per heavy atom. The van der Waals surface area contributed by atoms with Gasteiger partial charge in [-0.25, -0.2) is 4.39 Å². The molecule has 1 heterocycles. The molecular weight excluding hydrogens is 285 g/mol. The van der Waals surface area contributed by atoms with Gasteiger partial charge in [0, 0.05) is 29.3 Å². The average molecular weight is 302 g/mol. The van der Waals surface area contributed by atoms with E-state index in [0.717, 1.165) is 36.1 Å². The molecule has 17 heavy (non-hydrogen) atoms. The molecule has 0 amide bonds. The van der Waals surface area contributed by atoms with E-state index in [1.54, 1.807) is 0 Å². The van der Waals surface area contributed by atoms with Crippen molar-refractivity contribution in [2.75, 3.05) is 20.3 Å². The van der Waals surface area contributed by atoms with Crippen molar-refractivity contribution in [2.45, 2.75) is 18.9 Å². The lowest BCUT2D eigenvalue weighted by molar-refractivity contribution is 0.0541. The van der Waals surface area contributed by atoms with Gasteiger partial charge in [0.15, 0.2) is 0 Å². The molecule has 2 rings (SSSR count). The summed E-state index contributed by atoms with van der Waals surface area (Å²) >= 11 is 3.28. The number of hydrogen-bond acceptors (Lipinski definition) is 2. The van der Waals surface area contributed by atoms with Crippen molar-refractivity contribution in [3.8, 4) is 0 Å². The van der Waals surface area contributed by atoms with Crippen molar-refractivity contribution in [2.24, 2.45) is 5.92 Å². The third-order valence-corrected chi connectivity index (χ3v) is 3.84. The molecule has 1 N–H and O–H groups in total. The van der Waals surface area contributed by atoms with E-state index in [-0.39, 0.29) is 11.9 Å². The zero-order chi connectivity index (χ0) is 12.3. The minimum Gasteiger partial charge on any atom is -0.381 e. The largest absolute Gasteiger partial charge is 0.381 e. The molecule has 0 radical (unpaired) electrons. The van der Waals surface area contributed by atoms with Crippen LogP contribution in [0.4, 0.5) is 4.39 Å². The molecule has 0 bridgehead atoms. The molecule has 1 aromatic carbocycles. The Morgan fingerprint density at radius 1 is 1.41 bits per heavy atom. The van der Waals surface area contributed by atoms with Crippen LogP contribution in [0.3, 0.4) is 0 Å². The highest BCUT2D eigenvalue weighted by molar-refractivity contribution is 9.10. The molecule has 1 aromatic rings. The van der Waals surface area contributed by atoms with Crippen LogP contribution in [0, 0.1) is 11.7 Å². The highest BCUT2D eigenvalue weighted by atomic mass is 79.9. The van der Waals surface area contributed by atoms with E-state index in [0.29, 0.717) is 5.92 Å². The molecule has 0 aromatic heterocycles. The Morgan fingerprint density at radius 2 is 2.12 bits per heavy atom. The Bertz CT molecular complexity index is 380. The Kier molecular flexibility index (Phi) is 4.54. The summed E-state index contributed by atoms with van der Waals surface area (Å²) in [4.78, 5) is 0. The molecule has 1 saturated heterocycles. The van der Waals surface area contributed by atoms with Gasteiger partial charge in [-0.15, -0.1) is 0 Å². The predicted octanol–water partition coefficient (Wildman–Crippen LogP) is 3.28. The minimum absolute atomic E-state index is 0.0759. The summed E-state index contributed by atoms with van der Waals surface area (Å²) in [5, 5.41) is 3.24. The van der Waals surface area contributed by atoms with Gasteiger partial charge in [-0.3, -0.25) is 0 Å². The summed E-state index contributed by atoms with van der Waals surface area (Å²) in [6, 6.07) is 5.35. The molecule has 1 aliphatic heterocycles. The van der Waals surface area contributed by atoms with Gasteiger partial charge in [-0.1, -0.05) is 22.0 Å². The van der Waals surface area contributed by atoms with Crippen LogP contribution in [0.5, 0.6) is 0 Å². The molecule has 4 heteroatoms. The SMILES string of the molecule is CNC(c1ccc(Br)cc1F)C1CCOCC1. The number of nitrogens with one attached hydrogen (secondary N) is 1. The van der Waals surface area contributed by atoms with Gasteiger partial charge in [-0.05, 0) is 37.9 Å². The molecular formula is C13H17BrFNO. The normalized spacial score (nSPS) is 19.2. The first-order valence-corrected chi connectivity index (χ1v) is 6.71. The third kappa shape index (κ3) is 3.06. The summed E-state index contributed by atoms with van der Waals surface area (Å²) in [6.45, 7) is 1.56. The van der Waals surface area contributed by atoms with E-state index in [1.807, 2.05) is 19.2 Å². The smallest absolute Gasteiger partial charge is 0.129 e. The van der Waals surface area contributed by atoms with Crippen LogP contribution < -0.4 is 5.32 Å². The molecule has 1 unspecified atom stereocenters. The van der Waals surface area contributed by atoms with E-state index in [1.165, 1.54) is 6.07 Å². The molecule has 1 aliphatic rings. The molecule has 0 saturated carbocycles. The first kappa shape index (κ1) is 13.0. The summed E-state index contributed by atoms with van der Waals surface area (Å²) in [5.41, 5.74) is 0.752. The van der Waals surface area contributed by atoms with Crippen LogP contribution in [0.2, 0.25) is 0 Å². The highest BCUT2D eigenvalue weighted by Crippen LogP contribution is 2.32. The zero-order valence-electron chi connectivity index (χ0n) is 9.88. The summed E-state index contributed by atoms with van der Waals surface area (Å²) in [5.74, 6) is 0.301. The van der Waals surface area contributed by atoms with E-state index in [9.17, 15) is 4.39 Å². The van der Waals surface area contributed by atoms with E-state index < -0.39 is 0 Å². The number of rotatable bonds is 3. The average Bonchev–Trinajstić information content (AvgIpc) is 2.34. The van der Waals surface area contributed by atoms with Crippen LogP contribution in [-0.2, 0) is 4.74 Å². The Balaban J connectivity index is 2.21. The van der Waals surface area contributed by atoms with Gasteiger partial charge in [0.1, 0.15) is 5.82 Å². The van der Waals surface area contributed by atoms with Crippen molar-refractivity contribution >= 4 is 15.9 Å². The molecule has 1 atom stereocenters. The fraction of sp³-hybridized carbons (Fsp3) is 0.538. The monoisotopic (exact) mass is 301 g/mol. The van der Waals surface area contributed by atoms with Gasteiger partial charge in [0.05, 0.1) is 0 Å². The molecule has 94 valence electrons. The van der Waals surface area contributed by atoms with Gasteiger partial charge < -0.3 is 10.1 Å². The molecule has 2 nitrogen and oxygen atoms in total. The van der Waals surface area contributed by atoms with Crippen LogP contribution >= 0.6 is 15.9 Å². The first-order chi connectivity index (χ1) is 8.22. The number of halogens is 2. The van der Waals surface area contributed by atoms with E-state index >= 15 is 0 Å². The lowest BCUT2D eigenvalue weighted by Gasteiger charge is -2.30. The van der Waals surface area contributed by atoms with Crippen LogP contribution in [0.1, 0.15) is 24.4 Å². The Labute approximate surface area is 110 Å². The number of ether oxygens (including phenoxy) is 1. The topological polar surface area (TPSA) is 21.3 Å². The van der Waals surface area contributed by atoms with E-state index in [4.69, 9.17) is 4.74 Å². The lowest BCUT2D eigenvalue weighted by Crippen LogP contribution is -2.30. The maximum atomic E-state index is 13.9. The molecule has 1 fully saturated rings. The molecule has 0 spiro atoms. The standard InChI is InChI=1S/C13H17BrFNO/c1-16-13(9-4-6-17-7-5-9)11-3-2-10(14)8-12(11)15/h2-3,8-9,13,16H,4-7H2,1H3. The minimum atomic E-state index is -0.148. The zero-order valence-corrected chi connectivity index (χ0v) is 11.5. The van der Waals surface area contributed by atoms with Crippen molar-refractivity contribution < 1.29 is 9.13 Å². The van der Waals surface area contributed by atoms with Crippen molar-refractivity contribution in [1.82, 2.24) is 5.32 Å². The van der Waals surface area contributed by atoms with Crippen molar-refractivity contribution in [1.29, 1.82) is 0 Å². The fourth-order valence-electron chi connectivity index (χ4n) is 2.45. The predicted molar refractivity (Wildman–Crippen MR) is 69.4 cm³/mol. The lowest BCUT2D eigenvalue weighted by atomic mass is 9.87. The van der Waals surface area contributed by atoms with Gasteiger partial charge >= 0.3 is 0 Å². The van der Waals surface area contributed by atoms with Gasteiger partial charge in [-0.2, -0.15) is 0 Å². The highest BCUT2D eigenvalue weighted by Gasteiger charge is 2.26. The van der Waals surface area contributed by atoms with Crippen molar-refractivity contribution in [3.05, 3.63) is 34.1 Å². The fourth-order valence-corrected chi connectivity index (χ4v) is 2.78. The second kappa shape index (κ2) is 5.94. The van der Waals surface area contributed by atoms with Gasteiger partial charge in [0.2, 0.25) is 0 Å². The summed E-state index contributed by atoms with van der Waals surface area (Å²) in [7, 11) is 1.89.